The van der Waals surface area contributed by atoms with Crippen molar-refractivity contribution < 1.29 is 27.1 Å². The Labute approximate surface area is 235 Å². The van der Waals surface area contributed by atoms with Gasteiger partial charge in [0, 0.05) is 18.7 Å². The third kappa shape index (κ3) is 7.81. The van der Waals surface area contributed by atoms with Gasteiger partial charge in [-0.3, -0.25) is 13.9 Å². The molecule has 0 spiro atoms. The number of nitrogens with zero attached hydrogens (tertiary/aromatic N) is 2. The highest BCUT2D eigenvalue weighted by Crippen LogP contribution is 2.26. The van der Waals surface area contributed by atoms with Crippen molar-refractivity contribution in [3.63, 3.8) is 0 Å². The second-order valence-corrected chi connectivity index (χ2v) is 11.5. The van der Waals surface area contributed by atoms with Crippen molar-refractivity contribution in [2.24, 2.45) is 5.92 Å². The number of anilines is 1. The van der Waals surface area contributed by atoms with Crippen molar-refractivity contribution in [1.82, 2.24) is 10.2 Å². The molecule has 0 aliphatic heterocycles. The topological polar surface area (TPSA) is 96.0 Å². The van der Waals surface area contributed by atoms with Gasteiger partial charge in [0.1, 0.15) is 24.2 Å². The van der Waals surface area contributed by atoms with Crippen molar-refractivity contribution in [1.29, 1.82) is 0 Å². The average Bonchev–Trinajstić information content (AvgIpc) is 2.94. The van der Waals surface area contributed by atoms with E-state index < -0.39 is 40.2 Å². The van der Waals surface area contributed by atoms with Gasteiger partial charge in [0.2, 0.25) is 11.8 Å². The molecule has 0 saturated carbocycles. The normalized spacial score (nSPS) is 12.1. The van der Waals surface area contributed by atoms with Gasteiger partial charge in [0.25, 0.3) is 10.0 Å². The average molecular weight is 570 g/mol. The number of hydrogen-bond acceptors (Lipinski definition) is 5. The smallest absolute Gasteiger partial charge is 0.264 e. The van der Waals surface area contributed by atoms with E-state index in [0.717, 1.165) is 4.31 Å². The Morgan fingerprint density at radius 1 is 0.925 bits per heavy atom. The molecule has 0 fully saturated rings. The Morgan fingerprint density at radius 3 is 2.15 bits per heavy atom. The molecule has 1 N–H and O–H groups in total. The number of halogens is 1. The van der Waals surface area contributed by atoms with Crippen LogP contribution in [0.2, 0.25) is 0 Å². The standard InChI is InChI=1S/C30H36FN3O5S/c1-5-39-26-15-17-27(18-16-26)40(37,38)34(25-12-7-6-8-13-25)21-29(35)33(20-24-11-9-10-14-28(24)31)23(4)30(36)32-19-22(2)3/h6-18,22-23H,5,19-21H2,1-4H3,(H,32,36)/t23-/m0/s1. The molecule has 214 valence electrons. The number of benzene rings is 3. The molecule has 0 aliphatic rings. The summed E-state index contributed by atoms with van der Waals surface area (Å²) in [6.07, 6.45) is 0. The zero-order valence-electron chi connectivity index (χ0n) is 23.2. The van der Waals surface area contributed by atoms with Crippen molar-refractivity contribution in [3.8, 4) is 5.75 Å². The van der Waals surface area contributed by atoms with Crippen molar-refractivity contribution in [2.45, 2.75) is 45.2 Å². The van der Waals surface area contributed by atoms with E-state index in [-0.39, 0.29) is 28.6 Å². The summed E-state index contributed by atoms with van der Waals surface area (Å²) in [6, 6.07) is 19.1. The summed E-state index contributed by atoms with van der Waals surface area (Å²) in [7, 11) is -4.21. The highest BCUT2D eigenvalue weighted by molar-refractivity contribution is 7.92. The third-order valence-electron chi connectivity index (χ3n) is 6.20. The first kappa shape index (κ1) is 30.6. The van der Waals surface area contributed by atoms with Gasteiger partial charge >= 0.3 is 0 Å². The quantitative estimate of drug-likeness (QED) is 0.324. The highest BCUT2D eigenvalue weighted by Gasteiger charge is 2.32. The highest BCUT2D eigenvalue weighted by atomic mass is 32.2. The SMILES string of the molecule is CCOc1ccc(S(=O)(=O)N(CC(=O)N(Cc2ccccc2F)[C@@H](C)C(=O)NCC(C)C)c2ccccc2)cc1. The van der Waals surface area contributed by atoms with Crippen LogP contribution >= 0.6 is 0 Å². The van der Waals surface area contributed by atoms with Crippen LogP contribution in [0.4, 0.5) is 10.1 Å². The van der Waals surface area contributed by atoms with Gasteiger partial charge in [-0.25, -0.2) is 12.8 Å². The zero-order chi connectivity index (χ0) is 29.3. The fourth-order valence-electron chi connectivity index (χ4n) is 3.97. The zero-order valence-corrected chi connectivity index (χ0v) is 24.0. The molecule has 0 aliphatic carbocycles. The first-order valence-corrected chi connectivity index (χ1v) is 14.6. The lowest BCUT2D eigenvalue weighted by Gasteiger charge is -2.32. The first-order chi connectivity index (χ1) is 19.0. The Hall–Kier alpha value is -3.92. The molecular formula is C30H36FN3O5S. The molecule has 10 heteroatoms. The Morgan fingerprint density at radius 2 is 1.55 bits per heavy atom. The van der Waals surface area contributed by atoms with Crippen LogP contribution in [0.25, 0.3) is 0 Å². The van der Waals surface area contributed by atoms with Gasteiger partial charge in [-0.05, 0) is 62.2 Å². The molecule has 3 aromatic carbocycles. The summed E-state index contributed by atoms with van der Waals surface area (Å²) in [5.41, 5.74) is 0.479. The predicted molar refractivity (Wildman–Crippen MR) is 153 cm³/mol. The molecular weight excluding hydrogens is 533 g/mol. The summed E-state index contributed by atoms with van der Waals surface area (Å²) < 4.78 is 48.7. The van der Waals surface area contributed by atoms with E-state index in [1.165, 1.54) is 35.2 Å². The van der Waals surface area contributed by atoms with E-state index in [4.69, 9.17) is 4.74 Å². The van der Waals surface area contributed by atoms with Gasteiger partial charge in [0.15, 0.2) is 0 Å². The minimum Gasteiger partial charge on any atom is -0.494 e. The molecule has 0 saturated heterocycles. The first-order valence-electron chi connectivity index (χ1n) is 13.2. The fraction of sp³-hybridized carbons (Fsp3) is 0.333. The van der Waals surface area contributed by atoms with Crippen molar-refractivity contribution >= 4 is 27.5 Å². The van der Waals surface area contributed by atoms with Crippen LogP contribution in [0.1, 0.15) is 33.3 Å². The lowest BCUT2D eigenvalue weighted by Crippen LogP contribution is -2.51. The number of para-hydroxylation sites is 1. The molecule has 0 heterocycles. The number of rotatable bonds is 13. The maximum absolute atomic E-state index is 14.6. The number of nitrogens with one attached hydrogen (secondary N) is 1. The molecule has 8 nitrogen and oxygen atoms in total. The lowest BCUT2D eigenvalue weighted by atomic mass is 10.1. The molecule has 0 unspecified atom stereocenters. The Kier molecular flexibility index (Phi) is 10.7. The number of carbonyl (C=O) groups excluding carboxylic acids is 2. The van der Waals surface area contributed by atoms with Gasteiger partial charge in [-0.2, -0.15) is 0 Å². The van der Waals surface area contributed by atoms with Crippen LogP contribution in [0.3, 0.4) is 0 Å². The summed E-state index contributed by atoms with van der Waals surface area (Å²) in [5.74, 6) is -0.911. The third-order valence-corrected chi connectivity index (χ3v) is 7.98. The molecule has 2 amide bonds. The minimum atomic E-state index is -4.21. The summed E-state index contributed by atoms with van der Waals surface area (Å²) in [5, 5.41) is 2.80. The minimum absolute atomic E-state index is 0.0315. The second kappa shape index (κ2) is 13.9. The van der Waals surface area contributed by atoms with E-state index in [2.05, 4.69) is 5.32 Å². The lowest BCUT2D eigenvalue weighted by molar-refractivity contribution is -0.139. The van der Waals surface area contributed by atoms with Crippen LogP contribution in [0, 0.1) is 11.7 Å². The van der Waals surface area contributed by atoms with Crippen LogP contribution in [0.5, 0.6) is 5.75 Å². The van der Waals surface area contributed by atoms with E-state index in [1.807, 2.05) is 20.8 Å². The van der Waals surface area contributed by atoms with E-state index in [1.54, 1.807) is 55.5 Å². The number of hydrogen-bond donors (Lipinski definition) is 1. The molecule has 3 rings (SSSR count). The fourth-order valence-corrected chi connectivity index (χ4v) is 5.38. The van der Waals surface area contributed by atoms with Crippen molar-refractivity contribution in [3.05, 3.63) is 90.2 Å². The molecule has 0 aromatic heterocycles. The molecule has 1 atom stereocenters. The molecule has 40 heavy (non-hydrogen) atoms. The van der Waals surface area contributed by atoms with Gasteiger partial charge < -0.3 is 15.0 Å². The summed E-state index contributed by atoms with van der Waals surface area (Å²) in [6.45, 7) is 7.26. The van der Waals surface area contributed by atoms with E-state index in [9.17, 15) is 22.4 Å². The molecule has 3 aromatic rings. The number of ether oxygens (including phenoxy) is 1. The van der Waals surface area contributed by atoms with Crippen LogP contribution in [-0.4, -0.2) is 50.9 Å². The summed E-state index contributed by atoms with van der Waals surface area (Å²) >= 11 is 0. The second-order valence-electron chi connectivity index (χ2n) is 9.68. The maximum atomic E-state index is 14.6. The van der Waals surface area contributed by atoms with Gasteiger partial charge in [0.05, 0.1) is 17.2 Å². The Balaban J connectivity index is 1.99. The van der Waals surface area contributed by atoms with Crippen LogP contribution in [-0.2, 0) is 26.2 Å². The Bertz CT molecular complexity index is 1380. The molecule has 0 bridgehead atoms. The maximum Gasteiger partial charge on any atom is 0.264 e. The summed E-state index contributed by atoms with van der Waals surface area (Å²) in [4.78, 5) is 28.0. The number of sulfonamides is 1. The molecule has 0 radical (unpaired) electrons. The van der Waals surface area contributed by atoms with Gasteiger partial charge in [-0.1, -0.05) is 50.2 Å². The van der Waals surface area contributed by atoms with Crippen LogP contribution in [0.15, 0.2) is 83.8 Å². The van der Waals surface area contributed by atoms with Crippen molar-refractivity contribution in [2.75, 3.05) is 24.0 Å². The van der Waals surface area contributed by atoms with Crippen LogP contribution < -0.4 is 14.4 Å². The largest absolute Gasteiger partial charge is 0.494 e. The number of carbonyl (C=O) groups is 2. The van der Waals surface area contributed by atoms with E-state index >= 15 is 0 Å². The number of amides is 2. The van der Waals surface area contributed by atoms with E-state index in [0.29, 0.717) is 18.9 Å². The van der Waals surface area contributed by atoms with Gasteiger partial charge in [-0.15, -0.1) is 0 Å². The predicted octanol–water partition coefficient (Wildman–Crippen LogP) is 4.61. The monoisotopic (exact) mass is 569 g/mol.